The van der Waals surface area contributed by atoms with Crippen molar-refractivity contribution in [3.05, 3.63) is 34.5 Å². The minimum Gasteiger partial charge on any atom is -0.464 e. The molecule has 2 heterocycles. The molecule has 1 aromatic carbocycles. The molecular weight excluding hydrogens is 312 g/mol. The lowest BCUT2D eigenvalue weighted by molar-refractivity contribution is -0.120. The number of hydrogen-bond donors (Lipinski definition) is 1. The number of amides is 1. The van der Waals surface area contributed by atoms with Crippen LogP contribution in [0.3, 0.4) is 0 Å². The molecule has 1 saturated heterocycles. The van der Waals surface area contributed by atoms with Gasteiger partial charge in [-0.05, 0) is 50.6 Å². The molecular formula is C18H23ClN2O2. The number of likely N-dealkylation sites (tertiary alicyclic amines) is 1. The molecule has 0 unspecified atom stereocenters. The molecule has 2 aromatic rings. The van der Waals surface area contributed by atoms with Crippen molar-refractivity contribution >= 4 is 28.5 Å². The fourth-order valence-electron chi connectivity index (χ4n) is 3.35. The summed E-state index contributed by atoms with van der Waals surface area (Å²) in [6, 6.07) is 4.27. The van der Waals surface area contributed by atoms with Crippen LogP contribution in [0, 0.1) is 6.92 Å². The Hall–Kier alpha value is -1.52. The molecule has 4 nitrogen and oxygen atoms in total. The van der Waals surface area contributed by atoms with Crippen molar-refractivity contribution in [2.45, 2.75) is 39.2 Å². The lowest BCUT2D eigenvalue weighted by Crippen LogP contribution is -2.40. The highest BCUT2D eigenvalue weighted by Crippen LogP contribution is 2.28. The average molecular weight is 335 g/mol. The predicted molar refractivity (Wildman–Crippen MR) is 92.9 cm³/mol. The van der Waals surface area contributed by atoms with Gasteiger partial charge in [-0.2, -0.15) is 0 Å². The summed E-state index contributed by atoms with van der Waals surface area (Å²) in [4.78, 5) is 14.7. The molecule has 1 aliphatic rings. The summed E-state index contributed by atoms with van der Waals surface area (Å²) < 4.78 is 5.55. The summed E-state index contributed by atoms with van der Waals surface area (Å²) >= 11 is 6.18. The second-order valence-corrected chi connectivity index (χ2v) is 6.67. The van der Waals surface area contributed by atoms with Crippen molar-refractivity contribution in [2.24, 2.45) is 0 Å². The van der Waals surface area contributed by atoms with Crippen LogP contribution in [0.4, 0.5) is 0 Å². The molecule has 0 aliphatic carbocycles. The number of benzene rings is 1. The molecule has 23 heavy (non-hydrogen) atoms. The first-order valence-corrected chi connectivity index (χ1v) is 8.63. The highest BCUT2D eigenvalue weighted by molar-refractivity contribution is 6.32. The Balaban J connectivity index is 1.63. The predicted octanol–water partition coefficient (Wildman–Crippen LogP) is 3.54. The second-order valence-electron chi connectivity index (χ2n) is 6.26. The van der Waals surface area contributed by atoms with Crippen LogP contribution in [0.25, 0.3) is 11.0 Å². The van der Waals surface area contributed by atoms with Gasteiger partial charge in [0.25, 0.3) is 0 Å². The van der Waals surface area contributed by atoms with Crippen molar-refractivity contribution in [3.8, 4) is 0 Å². The van der Waals surface area contributed by atoms with Gasteiger partial charge in [0.05, 0.1) is 12.7 Å². The Morgan fingerprint density at radius 2 is 2.30 bits per heavy atom. The molecule has 1 aromatic heterocycles. The van der Waals surface area contributed by atoms with E-state index in [1.54, 1.807) is 6.26 Å². The number of aryl methyl sites for hydroxylation is 1. The van der Waals surface area contributed by atoms with Crippen molar-refractivity contribution in [2.75, 3.05) is 19.6 Å². The van der Waals surface area contributed by atoms with Gasteiger partial charge in [0, 0.05) is 28.6 Å². The molecule has 124 valence electrons. The molecule has 1 amide bonds. The van der Waals surface area contributed by atoms with E-state index in [4.69, 9.17) is 16.0 Å². The lowest BCUT2D eigenvalue weighted by Gasteiger charge is -2.22. The van der Waals surface area contributed by atoms with Crippen molar-refractivity contribution in [1.82, 2.24) is 10.2 Å². The van der Waals surface area contributed by atoms with Gasteiger partial charge in [0.2, 0.25) is 5.91 Å². The summed E-state index contributed by atoms with van der Waals surface area (Å²) in [5.41, 5.74) is 2.64. The first kappa shape index (κ1) is 16.3. The lowest BCUT2D eigenvalue weighted by atomic mass is 10.1. The topological polar surface area (TPSA) is 45.5 Å². The van der Waals surface area contributed by atoms with Gasteiger partial charge >= 0.3 is 0 Å². The van der Waals surface area contributed by atoms with E-state index < -0.39 is 0 Å². The largest absolute Gasteiger partial charge is 0.464 e. The molecule has 1 atom stereocenters. The number of furan rings is 1. The van der Waals surface area contributed by atoms with Gasteiger partial charge in [-0.25, -0.2) is 0 Å². The highest BCUT2D eigenvalue weighted by atomic mass is 35.5. The van der Waals surface area contributed by atoms with E-state index in [0.717, 1.165) is 48.2 Å². The smallest absolute Gasteiger partial charge is 0.224 e. The molecule has 0 bridgehead atoms. The number of hydrogen-bond acceptors (Lipinski definition) is 3. The quantitative estimate of drug-likeness (QED) is 0.909. The number of halogens is 1. The van der Waals surface area contributed by atoms with Gasteiger partial charge in [-0.15, -0.1) is 0 Å². The SMILES string of the molecule is CCN1CCC[C@@H]1CNC(=O)Cc1coc2cc(C)c(Cl)cc12. The Bertz CT molecular complexity index is 710. The molecule has 0 radical (unpaired) electrons. The Kier molecular flexibility index (Phi) is 4.93. The van der Waals surface area contributed by atoms with Crippen molar-refractivity contribution < 1.29 is 9.21 Å². The zero-order chi connectivity index (χ0) is 16.4. The normalized spacial score (nSPS) is 18.7. The van der Waals surface area contributed by atoms with E-state index in [2.05, 4.69) is 17.1 Å². The zero-order valence-electron chi connectivity index (χ0n) is 13.7. The third-order valence-corrected chi connectivity index (χ3v) is 5.13. The monoisotopic (exact) mass is 334 g/mol. The van der Waals surface area contributed by atoms with E-state index >= 15 is 0 Å². The summed E-state index contributed by atoms with van der Waals surface area (Å²) in [6.45, 7) is 7.02. The van der Waals surface area contributed by atoms with Crippen molar-refractivity contribution in [1.29, 1.82) is 0 Å². The maximum absolute atomic E-state index is 12.3. The third-order valence-electron chi connectivity index (χ3n) is 4.73. The number of nitrogens with zero attached hydrogens (tertiary/aromatic N) is 1. The minimum atomic E-state index is 0.0346. The zero-order valence-corrected chi connectivity index (χ0v) is 14.4. The molecule has 1 fully saturated rings. The molecule has 0 spiro atoms. The van der Waals surface area contributed by atoms with Crippen LogP contribution in [-0.2, 0) is 11.2 Å². The Labute approximate surface area is 141 Å². The number of carbonyl (C=O) groups excluding carboxylic acids is 1. The average Bonchev–Trinajstić information content (AvgIpc) is 3.13. The molecule has 5 heteroatoms. The van der Waals surface area contributed by atoms with E-state index in [1.165, 1.54) is 6.42 Å². The number of nitrogens with one attached hydrogen (secondary N) is 1. The van der Waals surface area contributed by atoms with Gasteiger partial charge in [0.15, 0.2) is 0 Å². The number of likely N-dealkylation sites (N-methyl/N-ethyl adjacent to an activating group) is 1. The number of carbonyl (C=O) groups is 1. The van der Waals surface area contributed by atoms with Gasteiger partial charge in [0.1, 0.15) is 5.58 Å². The Morgan fingerprint density at radius 1 is 1.48 bits per heavy atom. The van der Waals surface area contributed by atoms with Gasteiger partial charge in [-0.1, -0.05) is 18.5 Å². The van der Waals surface area contributed by atoms with Crippen LogP contribution >= 0.6 is 11.6 Å². The summed E-state index contributed by atoms with van der Waals surface area (Å²) in [6.07, 6.45) is 4.37. The van der Waals surface area contributed by atoms with Crippen LogP contribution in [0.15, 0.2) is 22.8 Å². The minimum absolute atomic E-state index is 0.0346. The number of fused-ring (bicyclic) bond motifs is 1. The van der Waals surface area contributed by atoms with Crippen molar-refractivity contribution in [3.63, 3.8) is 0 Å². The fourth-order valence-corrected chi connectivity index (χ4v) is 3.51. The van der Waals surface area contributed by atoms with Crippen LogP contribution in [0.1, 0.15) is 30.9 Å². The Morgan fingerprint density at radius 3 is 3.09 bits per heavy atom. The maximum atomic E-state index is 12.3. The van der Waals surface area contributed by atoms with E-state index in [-0.39, 0.29) is 5.91 Å². The van der Waals surface area contributed by atoms with Crippen LogP contribution in [-0.4, -0.2) is 36.5 Å². The van der Waals surface area contributed by atoms with Gasteiger partial charge in [-0.3, -0.25) is 9.69 Å². The molecule has 1 aliphatic heterocycles. The molecule has 0 saturated carbocycles. The van der Waals surface area contributed by atoms with E-state index in [9.17, 15) is 4.79 Å². The molecule has 1 N–H and O–H groups in total. The first-order chi connectivity index (χ1) is 11.1. The second kappa shape index (κ2) is 6.93. The maximum Gasteiger partial charge on any atom is 0.224 e. The van der Waals surface area contributed by atoms with Crippen LogP contribution in [0.5, 0.6) is 0 Å². The fraction of sp³-hybridized carbons (Fsp3) is 0.500. The molecule has 3 rings (SSSR count). The van der Waals surface area contributed by atoms with Gasteiger partial charge < -0.3 is 9.73 Å². The summed E-state index contributed by atoms with van der Waals surface area (Å²) in [5, 5.41) is 4.68. The standard InChI is InChI=1S/C18H23ClN2O2/c1-3-21-6-4-5-14(21)10-20-18(22)8-13-11-23-17-7-12(2)16(19)9-15(13)17/h7,9,11,14H,3-6,8,10H2,1-2H3,(H,20,22)/t14-/m1/s1. The third kappa shape index (κ3) is 3.54. The van der Waals surface area contributed by atoms with E-state index in [0.29, 0.717) is 17.5 Å². The first-order valence-electron chi connectivity index (χ1n) is 8.25. The van der Waals surface area contributed by atoms with E-state index in [1.807, 2.05) is 19.1 Å². The summed E-state index contributed by atoms with van der Waals surface area (Å²) in [5.74, 6) is 0.0346. The number of rotatable bonds is 5. The van der Waals surface area contributed by atoms with Crippen LogP contribution < -0.4 is 5.32 Å². The highest BCUT2D eigenvalue weighted by Gasteiger charge is 2.23. The summed E-state index contributed by atoms with van der Waals surface area (Å²) in [7, 11) is 0. The van der Waals surface area contributed by atoms with Crippen LogP contribution in [0.2, 0.25) is 5.02 Å².